The number of benzene rings is 1. The van der Waals surface area contributed by atoms with Gasteiger partial charge in [0.05, 0.1) is 12.3 Å². The second-order valence-corrected chi connectivity index (χ2v) is 7.76. The van der Waals surface area contributed by atoms with Crippen LogP contribution in [-0.2, 0) is 9.84 Å². The Morgan fingerprint density at radius 1 is 1.45 bits per heavy atom. The highest BCUT2D eigenvalue weighted by atomic mass is 32.2. The molecule has 0 amide bonds. The Morgan fingerprint density at radius 2 is 2.18 bits per heavy atom. The summed E-state index contributed by atoms with van der Waals surface area (Å²) in [4.78, 5) is 5.84. The normalized spacial score (nSPS) is 20.2. The van der Waals surface area contributed by atoms with Gasteiger partial charge in [-0.15, -0.1) is 0 Å². The number of sulfone groups is 1. The summed E-state index contributed by atoms with van der Waals surface area (Å²) in [6, 6.07) is 5.37. The van der Waals surface area contributed by atoms with Crippen molar-refractivity contribution in [2.45, 2.75) is 24.7 Å². The molecule has 1 aliphatic heterocycles. The maximum absolute atomic E-state index is 13.6. The number of hydrogen-bond acceptors (Lipinski definition) is 3. The number of hydrogen-bond donors (Lipinski definition) is 1. The van der Waals surface area contributed by atoms with Gasteiger partial charge in [-0.3, -0.25) is 4.99 Å². The Bertz CT molecular complexity index is 646. The summed E-state index contributed by atoms with van der Waals surface area (Å²) in [5.74, 6) is -0.0536. The summed E-state index contributed by atoms with van der Waals surface area (Å²) in [6.45, 7) is 3.88. The van der Waals surface area contributed by atoms with Crippen LogP contribution in [0.25, 0.3) is 0 Å². The van der Waals surface area contributed by atoms with Crippen LogP contribution in [0.15, 0.2) is 34.2 Å². The van der Waals surface area contributed by atoms with Gasteiger partial charge in [-0.25, -0.2) is 12.8 Å². The zero-order chi connectivity index (χ0) is 16.2. The number of rotatable bonds is 4. The average Bonchev–Trinajstić information content (AvgIpc) is 2.47. The Balaban J connectivity index is 1.97. The highest BCUT2D eigenvalue weighted by molar-refractivity contribution is 7.91. The number of aliphatic imine (C=N–C) groups is 1. The SMILES string of the molecule is CC1CCCN(C(N)=NCCS(=O)(=O)c2ccccc2F)C1. The number of guanidine groups is 1. The quantitative estimate of drug-likeness (QED) is 0.674. The minimum absolute atomic E-state index is 0.0351. The lowest BCUT2D eigenvalue weighted by Crippen LogP contribution is -2.43. The van der Waals surface area contributed by atoms with E-state index in [9.17, 15) is 12.8 Å². The largest absolute Gasteiger partial charge is 0.370 e. The van der Waals surface area contributed by atoms with Crippen LogP contribution in [0.1, 0.15) is 19.8 Å². The second-order valence-electron chi connectivity index (χ2n) is 5.68. The molecular formula is C15H22FN3O2S. The van der Waals surface area contributed by atoms with Crippen LogP contribution in [0, 0.1) is 11.7 Å². The van der Waals surface area contributed by atoms with E-state index in [-0.39, 0.29) is 17.2 Å². The fourth-order valence-corrected chi connectivity index (χ4v) is 3.79. The minimum atomic E-state index is -3.68. The van der Waals surface area contributed by atoms with Crippen LogP contribution < -0.4 is 5.73 Å². The van der Waals surface area contributed by atoms with Crippen molar-refractivity contribution < 1.29 is 12.8 Å². The third kappa shape index (κ3) is 4.19. The predicted molar refractivity (Wildman–Crippen MR) is 84.9 cm³/mol. The molecule has 0 saturated carbocycles. The van der Waals surface area contributed by atoms with E-state index in [4.69, 9.17) is 5.73 Å². The maximum Gasteiger partial charge on any atom is 0.191 e. The molecule has 2 rings (SSSR count). The number of nitrogens with zero attached hydrogens (tertiary/aromatic N) is 2. The molecule has 22 heavy (non-hydrogen) atoms. The van der Waals surface area contributed by atoms with Crippen molar-refractivity contribution >= 4 is 15.8 Å². The first-order valence-electron chi connectivity index (χ1n) is 7.42. The van der Waals surface area contributed by atoms with E-state index in [0.717, 1.165) is 25.6 Å². The molecule has 122 valence electrons. The lowest BCUT2D eigenvalue weighted by atomic mass is 10.0. The van der Waals surface area contributed by atoms with Crippen LogP contribution in [0.5, 0.6) is 0 Å². The van der Waals surface area contributed by atoms with Crippen molar-refractivity contribution in [3.8, 4) is 0 Å². The van der Waals surface area contributed by atoms with Crippen molar-refractivity contribution in [1.82, 2.24) is 4.90 Å². The van der Waals surface area contributed by atoms with Gasteiger partial charge in [0.2, 0.25) is 0 Å². The van der Waals surface area contributed by atoms with Crippen molar-refractivity contribution in [2.24, 2.45) is 16.6 Å². The van der Waals surface area contributed by atoms with Gasteiger partial charge < -0.3 is 10.6 Å². The van der Waals surface area contributed by atoms with Crippen molar-refractivity contribution in [1.29, 1.82) is 0 Å². The number of piperidine rings is 1. The molecule has 1 aliphatic rings. The number of nitrogens with two attached hydrogens (primary N) is 1. The van der Waals surface area contributed by atoms with Gasteiger partial charge in [0, 0.05) is 13.1 Å². The molecule has 5 nitrogen and oxygen atoms in total. The van der Waals surface area contributed by atoms with Crippen LogP contribution in [-0.4, -0.2) is 44.7 Å². The van der Waals surface area contributed by atoms with E-state index in [2.05, 4.69) is 11.9 Å². The van der Waals surface area contributed by atoms with E-state index < -0.39 is 15.7 Å². The first-order valence-corrected chi connectivity index (χ1v) is 9.07. The first kappa shape index (κ1) is 16.7. The van der Waals surface area contributed by atoms with Gasteiger partial charge >= 0.3 is 0 Å². The molecule has 0 radical (unpaired) electrons. The summed E-state index contributed by atoms with van der Waals surface area (Å²) in [5, 5.41) is 0. The third-order valence-corrected chi connectivity index (χ3v) is 5.51. The molecule has 0 aliphatic carbocycles. The number of halogens is 1. The Labute approximate surface area is 130 Å². The van der Waals surface area contributed by atoms with Gasteiger partial charge in [0.15, 0.2) is 15.8 Å². The molecule has 1 fully saturated rings. The molecule has 2 N–H and O–H groups in total. The van der Waals surface area contributed by atoms with Gasteiger partial charge in [-0.05, 0) is 30.9 Å². The molecule has 0 bridgehead atoms. The minimum Gasteiger partial charge on any atom is -0.370 e. The Hall–Kier alpha value is -1.63. The van der Waals surface area contributed by atoms with E-state index in [1.165, 1.54) is 24.6 Å². The fourth-order valence-electron chi connectivity index (χ4n) is 2.58. The van der Waals surface area contributed by atoms with Gasteiger partial charge in [-0.2, -0.15) is 0 Å². The molecule has 1 atom stereocenters. The molecule has 7 heteroatoms. The lowest BCUT2D eigenvalue weighted by Gasteiger charge is -2.31. The summed E-state index contributed by atoms with van der Waals surface area (Å²) in [6.07, 6.45) is 2.23. The summed E-state index contributed by atoms with van der Waals surface area (Å²) in [7, 11) is -3.68. The van der Waals surface area contributed by atoms with Crippen LogP contribution >= 0.6 is 0 Å². The zero-order valence-electron chi connectivity index (χ0n) is 12.7. The van der Waals surface area contributed by atoms with Crippen molar-refractivity contribution in [2.75, 3.05) is 25.4 Å². The first-order chi connectivity index (χ1) is 10.4. The molecule has 1 saturated heterocycles. The molecule has 1 aromatic rings. The van der Waals surface area contributed by atoms with Gasteiger partial charge in [0.1, 0.15) is 10.7 Å². The highest BCUT2D eigenvalue weighted by Gasteiger charge is 2.20. The zero-order valence-corrected chi connectivity index (χ0v) is 13.5. The topological polar surface area (TPSA) is 75.8 Å². The van der Waals surface area contributed by atoms with E-state index in [0.29, 0.717) is 11.9 Å². The molecule has 1 heterocycles. The molecule has 1 unspecified atom stereocenters. The van der Waals surface area contributed by atoms with Crippen molar-refractivity contribution in [3.63, 3.8) is 0 Å². The molecule has 1 aromatic carbocycles. The van der Waals surface area contributed by atoms with E-state index in [1.807, 2.05) is 4.90 Å². The monoisotopic (exact) mass is 327 g/mol. The number of likely N-dealkylation sites (tertiary alicyclic amines) is 1. The van der Waals surface area contributed by atoms with Crippen LogP contribution in [0.3, 0.4) is 0 Å². The van der Waals surface area contributed by atoms with Gasteiger partial charge in [-0.1, -0.05) is 19.1 Å². The lowest BCUT2D eigenvalue weighted by molar-refractivity contribution is 0.270. The van der Waals surface area contributed by atoms with Gasteiger partial charge in [0.25, 0.3) is 0 Å². The Morgan fingerprint density at radius 3 is 2.86 bits per heavy atom. The maximum atomic E-state index is 13.6. The summed E-state index contributed by atoms with van der Waals surface area (Å²) >= 11 is 0. The smallest absolute Gasteiger partial charge is 0.191 e. The predicted octanol–water partition coefficient (Wildman–Crippen LogP) is 1.65. The van der Waals surface area contributed by atoms with Crippen molar-refractivity contribution in [3.05, 3.63) is 30.1 Å². The third-order valence-electron chi connectivity index (χ3n) is 3.79. The average molecular weight is 327 g/mol. The Kier molecular flexibility index (Phi) is 5.39. The molecule has 0 aromatic heterocycles. The van der Waals surface area contributed by atoms with E-state index in [1.54, 1.807) is 0 Å². The summed E-state index contributed by atoms with van der Waals surface area (Å²) in [5.41, 5.74) is 5.92. The van der Waals surface area contributed by atoms with Crippen LogP contribution in [0.4, 0.5) is 4.39 Å². The standard InChI is InChI=1S/C15H22FN3O2S/c1-12-5-4-9-19(11-12)15(17)18-8-10-22(20,21)14-7-3-2-6-13(14)16/h2-3,6-7,12H,4-5,8-11H2,1H3,(H2,17,18). The molecular weight excluding hydrogens is 305 g/mol. The fraction of sp³-hybridized carbons (Fsp3) is 0.533. The van der Waals surface area contributed by atoms with E-state index >= 15 is 0 Å². The molecule has 0 spiro atoms. The van der Waals surface area contributed by atoms with Crippen LogP contribution in [0.2, 0.25) is 0 Å². The highest BCUT2D eigenvalue weighted by Crippen LogP contribution is 2.16. The summed E-state index contributed by atoms with van der Waals surface area (Å²) < 4.78 is 37.8. The second kappa shape index (κ2) is 7.09.